The Bertz CT molecular complexity index is 498. The van der Waals surface area contributed by atoms with Crippen molar-refractivity contribution in [3.8, 4) is 0 Å². The predicted octanol–water partition coefficient (Wildman–Crippen LogP) is 3.75. The van der Waals surface area contributed by atoms with Crippen LogP contribution in [0, 0.1) is 0 Å². The second kappa shape index (κ2) is 4.22. The van der Waals surface area contributed by atoms with Gasteiger partial charge in [-0.1, -0.05) is 22.4 Å². The molecule has 2 aromatic rings. The maximum absolute atomic E-state index is 3.60. The monoisotopic (exact) mass is 278 g/mol. The van der Waals surface area contributed by atoms with Gasteiger partial charge in [0.25, 0.3) is 0 Å². The summed E-state index contributed by atoms with van der Waals surface area (Å²) in [5.74, 6) is 0. The normalized spacial score (nSPS) is 21.4. The topological polar surface area (TPSA) is 27.8 Å². The Labute approximate surface area is 104 Å². The largest absolute Gasteiger partial charge is 0.361 e. The molecular weight excluding hydrogens is 264 g/mol. The third-order valence-corrected chi connectivity index (χ3v) is 3.85. The molecule has 2 N–H and O–H groups in total. The molecule has 1 aromatic heterocycles. The molecule has 0 saturated carbocycles. The minimum absolute atomic E-state index is 0.525. The standard InChI is InChI=1S/C13H15BrN2/c14-9-4-5-13-10(7-9)11(8-16-13)12-3-1-2-6-15-12/h4-5,7-8,12,15-16H,1-3,6H2. The molecule has 1 aliphatic heterocycles. The summed E-state index contributed by atoms with van der Waals surface area (Å²) < 4.78 is 1.15. The fraction of sp³-hybridized carbons (Fsp3) is 0.385. The van der Waals surface area contributed by atoms with Crippen LogP contribution in [-0.4, -0.2) is 11.5 Å². The number of nitrogens with one attached hydrogen (secondary N) is 2. The van der Waals surface area contributed by atoms with Gasteiger partial charge in [0.05, 0.1) is 0 Å². The molecule has 16 heavy (non-hydrogen) atoms. The highest BCUT2D eigenvalue weighted by Gasteiger charge is 2.17. The summed E-state index contributed by atoms with van der Waals surface area (Å²) >= 11 is 3.54. The molecule has 2 nitrogen and oxygen atoms in total. The van der Waals surface area contributed by atoms with Crippen molar-refractivity contribution in [1.29, 1.82) is 0 Å². The lowest BCUT2D eigenvalue weighted by atomic mass is 9.97. The number of halogens is 1. The molecule has 3 rings (SSSR count). The maximum atomic E-state index is 3.60. The average Bonchev–Trinajstić information content (AvgIpc) is 2.73. The molecule has 1 unspecified atom stereocenters. The SMILES string of the molecule is Brc1ccc2[nH]cc(C3CCCCN3)c2c1. The Balaban J connectivity index is 2.05. The first-order chi connectivity index (χ1) is 7.84. The number of piperidine rings is 1. The number of aromatic amines is 1. The van der Waals surface area contributed by atoms with Gasteiger partial charge in [-0.15, -0.1) is 0 Å². The second-order valence-corrected chi connectivity index (χ2v) is 5.35. The summed E-state index contributed by atoms with van der Waals surface area (Å²) in [6.07, 6.45) is 6.04. The highest BCUT2D eigenvalue weighted by Crippen LogP contribution is 2.30. The summed E-state index contributed by atoms with van der Waals surface area (Å²) in [6, 6.07) is 6.94. The number of fused-ring (bicyclic) bond motifs is 1. The molecule has 1 aromatic carbocycles. The van der Waals surface area contributed by atoms with E-state index < -0.39 is 0 Å². The van der Waals surface area contributed by atoms with Gasteiger partial charge < -0.3 is 10.3 Å². The molecule has 1 fully saturated rings. The smallest absolute Gasteiger partial charge is 0.0458 e. The first-order valence-corrected chi connectivity index (χ1v) is 6.64. The van der Waals surface area contributed by atoms with Crippen molar-refractivity contribution < 1.29 is 0 Å². The molecule has 1 saturated heterocycles. The van der Waals surface area contributed by atoms with E-state index in [9.17, 15) is 0 Å². The van der Waals surface area contributed by atoms with E-state index in [0.29, 0.717) is 6.04 Å². The number of rotatable bonds is 1. The van der Waals surface area contributed by atoms with Gasteiger partial charge in [-0.05, 0) is 43.1 Å². The van der Waals surface area contributed by atoms with Crippen LogP contribution in [0.25, 0.3) is 10.9 Å². The zero-order valence-corrected chi connectivity index (χ0v) is 10.7. The molecular formula is C13H15BrN2. The van der Waals surface area contributed by atoms with Gasteiger partial charge >= 0.3 is 0 Å². The van der Waals surface area contributed by atoms with Crippen LogP contribution in [0.1, 0.15) is 30.9 Å². The van der Waals surface area contributed by atoms with Gasteiger partial charge in [0.2, 0.25) is 0 Å². The molecule has 1 aliphatic rings. The number of H-pyrrole nitrogens is 1. The third kappa shape index (κ3) is 1.78. The fourth-order valence-corrected chi connectivity index (χ4v) is 2.88. The third-order valence-electron chi connectivity index (χ3n) is 3.36. The van der Waals surface area contributed by atoms with Crippen LogP contribution in [0.4, 0.5) is 0 Å². The van der Waals surface area contributed by atoms with E-state index in [1.54, 1.807) is 0 Å². The van der Waals surface area contributed by atoms with Crippen LogP contribution in [0.15, 0.2) is 28.9 Å². The summed E-state index contributed by atoms with van der Waals surface area (Å²) in [5, 5.41) is 4.94. The van der Waals surface area contributed by atoms with Crippen LogP contribution in [-0.2, 0) is 0 Å². The Morgan fingerprint density at radius 1 is 1.25 bits per heavy atom. The number of benzene rings is 1. The van der Waals surface area contributed by atoms with E-state index in [4.69, 9.17) is 0 Å². The van der Waals surface area contributed by atoms with Crippen molar-refractivity contribution in [3.05, 3.63) is 34.4 Å². The van der Waals surface area contributed by atoms with Gasteiger partial charge in [-0.3, -0.25) is 0 Å². The lowest BCUT2D eigenvalue weighted by Crippen LogP contribution is -2.26. The first-order valence-electron chi connectivity index (χ1n) is 5.84. The molecule has 2 heterocycles. The minimum Gasteiger partial charge on any atom is -0.361 e. The number of hydrogen-bond acceptors (Lipinski definition) is 1. The Kier molecular flexibility index (Phi) is 2.74. The first kappa shape index (κ1) is 10.4. The highest BCUT2D eigenvalue weighted by molar-refractivity contribution is 9.10. The maximum Gasteiger partial charge on any atom is 0.0458 e. The van der Waals surface area contributed by atoms with E-state index >= 15 is 0 Å². The molecule has 0 radical (unpaired) electrons. The molecule has 0 aliphatic carbocycles. The van der Waals surface area contributed by atoms with E-state index in [0.717, 1.165) is 11.0 Å². The lowest BCUT2D eigenvalue weighted by Gasteiger charge is -2.23. The van der Waals surface area contributed by atoms with Gasteiger partial charge in [0.1, 0.15) is 0 Å². The Hall–Kier alpha value is -0.800. The lowest BCUT2D eigenvalue weighted by molar-refractivity contribution is 0.414. The Morgan fingerprint density at radius 2 is 2.19 bits per heavy atom. The fourth-order valence-electron chi connectivity index (χ4n) is 2.52. The van der Waals surface area contributed by atoms with E-state index in [2.05, 4.69) is 50.6 Å². The summed E-state index contributed by atoms with van der Waals surface area (Å²) in [4.78, 5) is 3.35. The van der Waals surface area contributed by atoms with Gasteiger partial charge in [-0.25, -0.2) is 0 Å². The molecule has 1 atom stereocenters. The quantitative estimate of drug-likeness (QED) is 0.817. The minimum atomic E-state index is 0.525. The van der Waals surface area contributed by atoms with Crippen LogP contribution in [0.5, 0.6) is 0 Å². The number of hydrogen-bond donors (Lipinski definition) is 2. The summed E-state index contributed by atoms with van der Waals surface area (Å²) in [5.41, 5.74) is 2.64. The zero-order valence-electron chi connectivity index (χ0n) is 9.09. The van der Waals surface area contributed by atoms with Crippen LogP contribution in [0.2, 0.25) is 0 Å². The van der Waals surface area contributed by atoms with Crippen molar-refractivity contribution >= 4 is 26.8 Å². The molecule has 0 spiro atoms. The van der Waals surface area contributed by atoms with Crippen molar-refractivity contribution in [2.75, 3.05) is 6.54 Å². The van der Waals surface area contributed by atoms with Crippen molar-refractivity contribution in [1.82, 2.24) is 10.3 Å². The van der Waals surface area contributed by atoms with E-state index in [1.807, 2.05) is 0 Å². The summed E-state index contributed by atoms with van der Waals surface area (Å²) in [7, 11) is 0. The van der Waals surface area contributed by atoms with Crippen molar-refractivity contribution in [2.24, 2.45) is 0 Å². The van der Waals surface area contributed by atoms with Gasteiger partial charge in [0.15, 0.2) is 0 Å². The Morgan fingerprint density at radius 3 is 3.00 bits per heavy atom. The van der Waals surface area contributed by atoms with E-state index in [-0.39, 0.29) is 0 Å². The highest BCUT2D eigenvalue weighted by atomic mass is 79.9. The zero-order chi connectivity index (χ0) is 11.0. The van der Waals surface area contributed by atoms with Crippen LogP contribution >= 0.6 is 15.9 Å². The predicted molar refractivity (Wildman–Crippen MR) is 70.6 cm³/mol. The van der Waals surface area contributed by atoms with Crippen LogP contribution in [0.3, 0.4) is 0 Å². The van der Waals surface area contributed by atoms with Crippen molar-refractivity contribution in [3.63, 3.8) is 0 Å². The average molecular weight is 279 g/mol. The van der Waals surface area contributed by atoms with Crippen molar-refractivity contribution in [2.45, 2.75) is 25.3 Å². The van der Waals surface area contributed by atoms with Gasteiger partial charge in [0, 0.05) is 27.6 Å². The molecule has 0 amide bonds. The molecule has 84 valence electrons. The van der Waals surface area contributed by atoms with Gasteiger partial charge in [-0.2, -0.15) is 0 Å². The molecule has 3 heteroatoms. The molecule has 0 bridgehead atoms. The second-order valence-electron chi connectivity index (χ2n) is 4.44. The van der Waals surface area contributed by atoms with E-state index in [1.165, 1.54) is 35.7 Å². The number of aromatic nitrogens is 1. The summed E-state index contributed by atoms with van der Waals surface area (Å²) in [6.45, 7) is 1.14. The van der Waals surface area contributed by atoms with Crippen LogP contribution < -0.4 is 5.32 Å².